The highest BCUT2D eigenvalue weighted by Gasteiger charge is 2.33. The molecule has 0 unspecified atom stereocenters. The molecule has 8 heteroatoms. The Kier molecular flexibility index (Phi) is 5.47. The number of fused-ring (bicyclic) bond motifs is 1. The molecule has 0 aliphatic carbocycles. The summed E-state index contributed by atoms with van der Waals surface area (Å²) in [6.07, 6.45) is 1.33. The van der Waals surface area contributed by atoms with E-state index in [1.807, 2.05) is 25.1 Å². The molecule has 2 aliphatic heterocycles. The van der Waals surface area contributed by atoms with Crippen LogP contribution < -0.4 is 14.8 Å². The number of hydrogen-bond acceptors (Lipinski definition) is 5. The number of hydrogen-bond donors (Lipinski definition) is 1. The summed E-state index contributed by atoms with van der Waals surface area (Å²) < 4.78 is 37.9. The van der Waals surface area contributed by atoms with E-state index < -0.39 is 10.0 Å². The van der Waals surface area contributed by atoms with Gasteiger partial charge in [-0.1, -0.05) is 23.8 Å². The van der Waals surface area contributed by atoms with Gasteiger partial charge in [0.25, 0.3) is 0 Å². The summed E-state index contributed by atoms with van der Waals surface area (Å²) in [5.74, 6) is 0.874. The van der Waals surface area contributed by atoms with Gasteiger partial charge in [0.15, 0.2) is 11.5 Å². The van der Waals surface area contributed by atoms with Crippen LogP contribution in [0.3, 0.4) is 0 Å². The average Bonchev–Trinajstić information content (AvgIpc) is 3.20. The van der Waals surface area contributed by atoms with Crippen molar-refractivity contribution in [3.8, 4) is 11.5 Å². The molecule has 2 aromatic carbocycles. The van der Waals surface area contributed by atoms with Crippen LogP contribution in [0.1, 0.15) is 24.0 Å². The monoisotopic (exact) mass is 416 g/mol. The molecule has 4 rings (SSSR count). The number of aryl methyl sites for hydroxylation is 1. The number of piperidine rings is 1. The van der Waals surface area contributed by atoms with Crippen LogP contribution in [0.4, 0.5) is 0 Å². The van der Waals surface area contributed by atoms with Crippen molar-refractivity contribution >= 4 is 15.9 Å². The highest BCUT2D eigenvalue weighted by atomic mass is 32.2. The lowest BCUT2D eigenvalue weighted by Crippen LogP contribution is -2.45. The summed E-state index contributed by atoms with van der Waals surface area (Å²) in [6.45, 7) is 3.11. The van der Waals surface area contributed by atoms with Gasteiger partial charge in [0.05, 0.1) is 10.8 Å². The van der Waals surface area contributed by atoms with E-state index in [1.165, 1.54) is 4.31 Å². The average molecular weight is 416 g/mol. The van der Waals surface area contributed by atoms with Gasteiger partial charge in [-0.2, -0.15) is 4.31 Å². The summed E-state index contributed by atoms with van der Waals surface area (Å²) in [6, 6.07) is 12.3. The molecule has 0 saturated carbocycles. The maximum absolute atomic E-state index is 12.9. The number of carbonyl (C=O) groups excluding carboxylic acids is 1. The number of carbonyl (C=O) groups is 1. The minimum atomic E-state index is -3.60. The first-order valence-electron chi connectivity index (χ1n) is 9.66. The second kappa shape index (κ2) is 8.04. The lowest BCUT2D eigenvalue weighted by Gasteiger charge is -2.31. The third-order valence-electron chi connectivity index (χ3n) is 5.32. The van der Waals surface area contributed by atoms with Crippen molar-refractivity contribution in [2.24, 2.45) is 5.92 Å². The summed E-state index contributed by atoms with van der Waals surface area (Å²) in [7, 11) is -3.60. The number of rotatable bonds is 5. The van der Waals surface area contributed by atoms with Gasteiger partial charge in [-0.15, -0.1) is 0 Å². The number of nitrogens with one attached hydrogen (secondary N) is 1. The molecule has 2 aliphatic rings. The van der Waals surface area contributed by atoms with Gasteiger partial charge in [-0.3, -0.25) is 4.79 Å². The number of sulfonamides is 1. The molecular formula is C21H24N2O5S. The van der Waals surface area contributed by atoms with Crippen molar-refractivity contribution in [1.29, 1.82) is 0 Å². The van der Waals surface area contributed by atoms with Gasteiger partial charge in [0, 0.05) is 19.6 Å². The van der Waals surface area contributed by atoms with E-state index in [0.717, 1.165) is 11.1 Å². The van der Waals surface area contributed by atoms with Gasteiger partial charge < -0.3 is 14.8 Å². The van der Waals surface area contributed by atoms with Crippen molar-refractivity contribution in [1.82, 2.24) is 9.62 Å². The second-order valence-corrected chi connectivity index (χ2v) is 9.36. The van der Waals surface area contributed by atoms with Crippen LogP contribution in [0.25, 0.3) is 0 Å². The van der Waals surface area contributed by atoms with Crippen molar-refractivity contribution in [3.05, 3.63) is 53.6 Å². The summed E-state index contributed by atoms with van der Waals surface area (Å²) in [5.41, 5.74) is 1.91. The molecule has 1 amide bonds. The predicted octanol–water partition coefficient (Wildman–Crippen LogP) is 2.44. The Morgan fingerprint density at radius 2 is 1.90 bits per heavy atom. The fraction of sp³-hybridized carbons (Fsp3) is 0.381. The Balaban J connectivity index is 1.38. The largest absolute Gasteiger partial charge is 0.454 e. The van der Waals surface area contributed by atoms with Gasteiger partial charge in [0.1, 0.15) is 0 Å². The van der Waals surface area contributed by atoms with Gasteiger partial charge in [-0.05, 0) is 49.6 Å². The van der Waals surface area contributed by atoms with Crippen molar-refractivity contribution in [2.45, 2.75) is 31.2 Å². The van der Waals surface area contributed by atoms with E-state index in [9.17, 15) is 13.2 Å². The van der Waals surface area contributed by atoms with Gasteiger partial charge >= 0.3 is 0 Å². The first-order chi connectivity index (χ1) is 13.9. The zero-order chi connectivity index (χ0) is 20.4. The van der Waals surface area contributed by atoms with Crippen LogP contribution >= 0.6 is 0 Å². The number of amides is 1. The van der Waals surface area contributed by atoms with Crippen LogP contribution in [0, 0.1) is 12.8 Å². The number of ether oxygens (including phenoxy) is 2. The lowest BCUT2D eigenvalue weighted by atomic mass is 9.98. The minimum Gasteiger partial charge on any atom is -0.454 e. The number of nitrogens with zero attached hydrogens (tertiary/aromatic N) is 1. The quantitative estimate of drug-likeness (QED) is 0.809. The van der Waals surface area contributed by atoms with Crippen LogP contribution in [0.2, 0.25) is 0 Å². The molecule has 1 fully saturated rings. The maximum atomic E-state index is 12.9. The molecule has 1 N–H and O–H groups in total. The summed E-state index contributed by atoms with van der Waals surface area (Å²) >= 11 is 0. The Labute approximate surface area is 170 Å². The van der Waals surface area contributed by atoms with Crippen molar-refractivity contribution in [3.63, 3.8) is 0 Å². The molecule has 0 radical (unpaired) electrons. The second-order valence-electron chi connectivity index (χ2n) is 7.42. The molecule has 1 atom stereocenters. The Morgan fingerprint density at radius 3 is 2.69 bits per heavy atom. The molecular weight excluding hydrogens is 392 g/mol. The van der Waals surface area contributed by atoms with E-state index >= 15 is 0 Å². The van der Waals surface area contributed by atoms with Crippen LogP contribution in [0.15, 0.2) is 47.4 Å². The summed E-state index contributed by atoms with van der Waals surface area (Å²) in [4.78, 5) is 12.9. The highest BCUT2D eigenvalue weighted by Crippen LogP contribution is 2.32. The number of benzene rings is 2. The molecule has 2 aromatic rings. The SMILES string of the molecule is Cc1ccc(S(=O)(=O)N2CCC[C@H](C(=O)NCc3ccc4c(c3)OCO4)C2)cc1. The fourth-order valence-electron chi connectivity index (χ4n) is 3.62. The van der Waals surface area contributed by atoms with E-state index in [1.54, 1.807) is 24.3 Å². The Morgan fingerprint density at radius 1 is 1.14 bits per heavy atom. The van der Waals surface area contributed by atoms with E-state index in [0.29, 0.717) is 37.4 Å². The van der Waals surface area contributed by atoms with Gasteiger partial charge in [-0.25, -0.2) is 8.42 Å². The zero-order valence-corrected chi connectivity index (χ0v) is 17.1. The highest BCUT2D eigenvalue weighted by molar-refractivity contribution is 7.89. The predicted molar refractivity (Wildman–Crippen MR) is 107 cm³/mol. The maximum Gasteiger partial charge on any atom is 0.243 e. The first kappa shape index (κ1) is 19.7. The van der Waals surface area contributed by atoms with Crippen LogP contribution in [-0.2, 0) is 21.4 Å². The minimum absolute atomic E-state index is 0.133. The molecule has 0 aromatic heterocycles. The molecule has 0 spiro atoms. The molecule has 2 heterocycles. The third kappa shape index (κ3) is 4.23. The van der Waals surface area contributed by atoms with Crippen molar-refractivity contribution < 1.29 is 22.7 Å². The van der Waals surface area contributed by atoms with Gasteiger partial charge in [0.2, 0.25) is 22.7 Å². The van der Waals surface area contributed by atoms with Crippen LogP contribution in [-0.4, -0.2) is 38.5 Å². The lowest BCUT2D eigenvalue weighted by molar-refractivity contribution is -0.126. The zero-order valence-electron chi connectivity index (χ0n) is 16.3. The van der Waals surface area contributed by atoms with Crippen molar-refractivity contribution in [2.75, 3.05) is 19.9 Å². The molecule has 7 nitrogen and oxygen atoms in total. The van der Waals surface area contributed by atoms with E-state index in [-0.39, 0.29) is 30.1 Å². The first-order valence-corrected chi connectivity index (χ1v) is 11.1. The molecule has 0 bridgehead atoms. The third-order valence-corrected chi connectivity index (χ3v) is 7.20. The topological polar surface area (TPSA) is 84.9 Å². The van der Waals surface area contributed by atoms with Crippen LogP contribution in [0.5, 0.6) is 11.5 Å². The molecule has 154 valence electrons. The fourth-order valence-corrected chi connectivity index (χ4v) is 5.14. The normalized spacial score (nSPS) is 19.1. The van der Waals surface area contributed by atoms with E-state index in [4.69, 9.17) is 9.47 Å². The summed E-state index contributed by atoms with van der Waals surface area (Å²) in [5, 5.41) is 2.92. The smallest absolute Gasteiger partial charge is 0.243 e. The molecule has 29 heavy (non-hydrogen) atoms. The standard InChI is InChI=1S/C21H24N2O5S/c1-15-4-7-18(8-5-15)29(25,26)23-10-2-3-17(13-23)21(24)22-12-16-6-9-19-20(11-16)28-14-27-19/h4-9,11,17H,2-3,10,12-14H2,1H3,(H,22,24)/t17-/m0/s1. The van der Waals surface area contributed by atoms with E-state index in [2.05, 4.69) is 5.32 Å². The molecule has 1 saturated heterocycles. The Bertz CT molecular complexity index is 1000. The Hall–Kier alpha value is -2.58.